The smallest absolute Gasteiger partial charge is 0.261 e. The summed E-state index contributed by atoms with van der Waals surface area (Å²) < 4.78 is 0. The fourth-order valence-electron chi connectivity index (χ4n) is 2.30. The number of nitrogen functional groups attached to an aromatic ring is 1. The van der Waals surface area contributed by atoms with Crippen LogP contribution in [0.1, 0.15) is 12.8 Å². The topological polar surface area (TPSA) is 108 Å². The molecule has 1 saturated heterocycles. The number of hydrogen-bond acceptors (Lipinski definition) is 6. The Hall–Kier alpha value is -2.15. The van der Waals surface area contributed by atoms with Crippen molar-refractivity contribution in [2.45, 2.75) is 18.9 Å². The molecule has 1 aliphatic rings. The lowest BCUT2D eigenvalue weighted by atomic mass is 10.1. The number of pyridine rings is 1. The Balaban J connectivity index is 2.00. The van der Waals surface area contributed by atoms with Gasteiger partial charge in [-0.05, 0) is 25.0 Å². The number of hydrogen-bond donors (Lipinski definition) is 3. The maximum atomic E-state index is 11.7. The highest BCUT2D eigenvalue weighted by atomic mass is 16.3. The number of piperidine rings is 1. The molecule has 0 amide bonds. The SMILES string of the molecule is Nc1nc2nc(N3CCC(O)CC3)ccc2c(=O)[nH]1. The average Bonchev–Trinajstić information content (AvgIpc) is 2.38. The van der Waals surface area contributed by atoms with E-state index in [-0.39, 0.29) is 17.6 Å². The van der Waals surface area contributed by atoms with Crippen molar-refractivity contribution in [2.24, 2.45) is 0 Å². The second kappa shape index (κ2) is 4.51. The fourth-order valence-corrected chi connectivity index (χ4v) is 2.30. The monoisotopic (exact) mass is 261 g/mol. The highest BCUT2D eigenvalue weighted by Gasteiger charge is 2.18. The maximum absolute atomic E-state index is 11.7. The normalized spacial score (nSPS) is 17.0. The van der Waals surface area contributed by atoms with Gasteiger partial charge in [0.2, 0.25) is 5.95 Å². The Morgan fingerprint density at radius 2 is 2.05 bits per heavy atom. The lowest BCUT2D eigenvalue weighted by Gasteiger charge is -2.30. The molecule has 1 aliphatic heterocycles. The van der Waals surface area contributed by atoms with Crippen molar-refractivity contribution in [3.63, 3.8) is 0 Å². The highest BCUT2D eigenvalue weighted by Crippen LogP contribution is 2.19. The first-order valence-corrected chi connectivity index (χ1v) is 6.23. The molecule has 4 N–H and O–H groups in total. The van der Waals surface area contributed by atoms with Crippen LogP contribution in [0.4, 0.5) is 11.8 Å². The summed E-state index contributed by atoms with van der Waals surface area (Å²) in [5.41, 5.74) is 5.59. The Bertz CT molecular complexity index is 661. The molecule has 0 atom stereocenters. The lowest BCUT2D eigenvalue weighted by Crippen LogP contribution is -2.36. The molecule has 0 bridgehead atoms. The molecule has 0 unspecified atom stereocenters. The molecule has 0 saturated carbocycles. The molecule has 3 heterocycles. The number of aliphatic hydroxyl groups excluding tert-OH is 1. The standard InChI is InChI=1S/C12H15N5O2/c13-12-15-10-8(11(19)16-12)1-2-9(14-10)17-5-3-7(18)4-6-17/h1-2,7,18H,3-6H2,(H3,13,14,15,16,19). The van der Waals surface area contributed by atoms with Gasteiger partial charge in [-0.15, -0.1) is 0 Å². The first-order valence-electron chi connectivity index (χ1n) is 6.23. The van der Waals surface area contributed by atoms with E-state index >= 15 is 0 Å². The van der Waals surface area contributed by atoms with Gasteiger partial charge in [0.25, 0.3) is 5.56 Å². The molecule has 7 nitrogen and oxygen atoms in total. The number of aromatic nitrogens is 3. The second-order valence-corrected chi connectivity index (χ2v) is 4.71. The highest BCUT2D eigenvalue weighted by molar-refractivity contribution is 5.76. The first kappa shape index (κ1) is 11.9. The van der Waals surface area contributed by atoms with Gasteiger partial charge in [-0.2, -0.15) is 4.98 Å². The van der Waals surface area contributed by atoms with Gasteiger partial charge in [-0.3, -0.25) is 9.78 Å². The molecule has 100 valence electrons. The molecular formula is C12H15N5O2. The number of aromatic amines is 1. The minimum atomic E-state index is -0.282. The van der Waals surface area contributed by atoms with Crippen LogP contribution in [0.2, 0.25) is 0 Å². The summed E-state index contributed by atoms with van der Waals surface area (Å²) in [6, 6.07) is 3.50. The van der Waals surface area contributed by atoms with Crippen molar-refractivity contribution < 1.29 is 5.11 Å². The average molecular weight is 261 g/mol. The zero-order valence-electron chi connectivity index (χ0n) is 10.3. The van der Waals surface area contributed by atoms with Crippen LogP contribution in [-0.2, 0) is 0 Å². The number of rotatable bonds is 1. The van der Waals surface area contributed by atoms with Crippen molar-refractivity contribution in [3.8, 4) is 0 Å². The van der Waals surface area contributed by atoms with E-state index in [0.29, 0.717) is 11.0 Å². The Morgan fingerprint density at radius 3 is 2.79 bits per heavy atom. The van der Waals surface area contributed by atoms with Crippen LogP contribution in [0.15, 0.2) is 16.9 Å². The van der Waals surface area contributed by atoms with E-state index in [1.807, 2.05) is 0 Å². The van der Waals surface area contributed by atoms with Gasteiger partial charge in [-0.25, -0.2) is 4.98 Å². The number of anilines is 2. The minimum Gasteiger partial charge on any atom is -0.393 e. The van der Waals surface area contributed by atoms with Gasteiger partial charge >= 0.3 is 0 Å². The molecule has 2 aromatic heterocycles. The lowest BCUT2D eigenvalue weighted by molar-refractivity contribution is 0.145. The summed E-state index contributed by atoms with van der Waals surface area (Å²) in [6.07, 6.45) is 1.23. The number of nitrogens with one attached hydrogen (secondary N) is 1. The van der Waals surface area contributed by atoms with Crippen LogP contribution in [0, 0.1) is 0 Å². The maximum Gasteiger partial charge on any atom is 0.261 e. The summed E-state index contributed by atoms with van der Waals surface area (Å²) in [7, 11) is 0. The summed E-state index contributed by atoms with van der Waals surface area (Å²) in [5, 5.41) is 9.92. The van der Waals surface area contributed by atoms with Crippen molar-refractivity contribution in [1.29, 1.82) is 0 Å². The molecule has 0 spiro atoms. The number of aliphatic hydroxyl groups is 1. The molecule has 3 rings (SSSR count). The summed E-state index contributed by atoms with van der Waals surface area (Å²) in [6.45, 7) is 1.50. The summed E-state index contributed by atoms with van der Waals surface area (Å²) >= 11 is 0. The van der Waals surface area contributed by atoms with Crippen molar-refractivity contribution in [3.05, 3.63) is 22.5 Å². The van der Waals surface area contributed by atoms with Gasteiger partial charge in [0.15, 0.2) is 5.65 Å². The van der Waals surface area contributed by atoms with Crippen molar-refractivity contribution in [1.82, 2.24) is 15.0 Å². The van der Waals surface area contributed by atoms with Gasteiger partial charge in [0, 0.05) is 13.1 Å². The zero-order valence-corrected chi connectivity index (χ0v) is 10.3. The zero-order chi connectivity index (χ0) is 13.4. The predicted molar refractivity (Wildman–Crippen MR) is 72.0 cm³/mol. The van der Waals surface area contributed by atoms with E-state index in [1.165, 1.54) is 0 Å². The summed E-state index contributed by atoms with van der Waals surface area (Å²) in [4.78, 5) is 24.6. The van der Waals surface area contributed by atoms with E-state index in [2.05, 4.69) is 19.9 Å². The van der Waals surface area contributed by atoms with Crippen LogP contribution in [0.5, 0.6) is 0 Å². The van der Waals surface area contributed by atoms with Crippen LogP contribution < -0.4 is 16.2 Å². The van der Waals surface area contributed by atoms with Gasteiger partial charge in [0.1, 0.15) is 5.82 Å². The van der Waals surface area contributed by atoms with E-state index in [9.17, 15) is 9.90 Å². The number of nitrogens with two attached hydrogens (primary N) is 1. The van der Waals surface area contributed by atoms with Crippen LogP contribution >= 0.6 is 0 Å². The molecule has 0 radical (unpaired) electrons. The first-order chi connectivity index (χ1) is 9.13. The minimum absolute atomic E-state index is 0.0659. The molecule has 0 aliphatic carbocycles. The van der Waals surface area contributed by atoms with Gasteiger partial charge < -0.3 is 15.7 Å². The van der Waals surface area contributed by atoms with E-state index in [1.54, 1.807) is 12.1 Å². The quantitative estimate of drug-likeness (QED) is 0.659. The molecule has 1 fully saturated rings. The number of H-pyrrole nitrogens is 1. The Kier molecular flexibility index (Phi) is 2.83. The molecule has 0 aromatic carbocycles. The third kappa shape index (κ3) is 2.24. The third-order valence-electron chi connectivity index (χ3n) is 3.36. The summed E-state index contributed by atoms with van der Waals surface area (Å²) in [5.74, 6) is 0.827. The number of nitrogens with zero attached hydrogens (tertiary/aromatic N) is 3. The Morgan fingerprint density at radius 1 is 1.32 bits per heavy atom. The van der Waals surface area contributed by atoms with E-state index < -0.39 is 0 Å². The van der Waals surface area contributed by atoms with Crippen molar-refractivity contribution in [2.75, 3.05) is 23.7 Å². The molecular weight excluding hydrogens is 246 g/mol. The van der Waals surface area contributed by atoms with Crippen LogP contribution in [0.3, 0.4) is 0 Å². The third-order valence-corrected chi connectivity index (χ3v) is 3.36. The molecule has 2 aromatic rings. The van der Waals surface area contributed by atoms with Gasteiger partial charge in [-0.1, -0.05) is 0 Å². The fraction of sp³-hybridized carbons (Fsp3) is 0.417. The van der Waals surface area contributed by atoms with E-state index in [4.69, 9.17) is 5.73 Å². The molecule has 19 heavy (non-hydrogen) atoms. The van der Waals surface area contributed by atoms with Crippen molar-refractivity contribution >= 4 is 22.8 Å². The van der Waals surface area contributed by atoms with Gasteiger partial charge in [0.05, 0.1) is 11.5 Å². The number of fused-ring (bicyclic) bond motifs is 1. The second-order valence-electron chi connectivity index (χ2n) is 4.71. The van der Waals surface area contributed by atoms with Crippen LogP contribution in [0.25, 0.3) is 11.0 Å². The van der Waals surface area contributed by atoms with E-state index in [0.717, 1.165) is 31.7 Å². The Labute approximate surface area is 109 Å². The van der Waals surface area contributed by atoms with Crippen LogP contribution in [-0.4, -0.2) is 39.3 Å². The molecule has 7 heteroatoms. The predicted octanol–water partition coefficient (Wildman–Crippen LogP) is -0.139. The largest absolute Gasteiger partial charge is 0.393 e.